The van der Waals surface area contributed by atoms with Gasteiger partial charge in [0.25, 0.3) is 0 Å². The Hall–Kier alpha value is -6.74. The topological polar surface area (TPSA) is 12.4 Å². The molecule has 2 atom stereocenters. The van der Waals surface area contributed by atoms with E-state index in [1.165, 1.54) is 115 Å². The molecule has 0 spiro atoms. The van der Waals surface area contributed by atoms with E-state index >= 15 is 0 Å². The maximum Gasteiger partial charge on any atom is 0.0726 e. The second kappa shape index (κ2) is 12.6. The standard InChI is InChI=1S/C57H37NS/c1-2-17-41(18-3-1)57-33-51(57)55(40-16-12-15-35(29-40)36-25-27-48-46-23-9-8-21-44(46)45-22-10-11-24-47(45)49(48)31-36)58-56-50-32-39(26-28-53(50)59-34-52(56)57)54-42-19-6-4-13-37(42)30-38-14-5-7-20-43(38)54/h1-32,51H,33-34H2. The van der Waals surface area contributed by atoms with Crippen molar-refractivity contribution in [3.63, 3.8) is 0 Å². The molecule has 0 bridgehead atoms. The quantitative estimate of drug-likeness (QED) is 0.128. The van der Waals surface area contributed by atoms with Gasteiger partial charge < -0.3 is 0 Å². The Morgan fingerprint density at radius 1 is 0.441 bits per heavy atom. The maximum absolute atomic E-state index is 5.81. The van der Waals surface area contributed by atoms with Gasteiger partial charge in [-0.1, -0.05) is 164 Å². The summed E-state index contributed by atoms with van der Waals surface area (Å²) in [7, 11) is 0. The van der Waals surface area contributed by atoms with Crippen molar-refractivity contribution in [1.29, 1.82) is 0 Å². The second-order valence-electron chi connectivity index (χ2n) is 16.5. The van der Waals surface area contributed by atoms with Crippen LogP contribution in [-0.4, -0.2) is 11.5 Å². The van der Waals surface area contributed by atoms with E-state index in [0.717, 1.165) is 12.2 Å². The summed E-state index contributed by atoms with van der Waals surface area (Å²) < 4.78 is 0. The Labute approximate surface area is 347 Å². The smallest absolute Gasteiger partial charge is 0.0726 e. The summed E-state index contributed by atoms with van der Waals surface area (Å²) in [5.74, 6) is 1.29. The number of fused-ring (bicyclic) bond motifs is 12. The molecule has 1 saturated carbocycles. The van der Waals surface area contributed by atoms with Gasteiger partial charge in [-0.25, -0.2) is 0 Å². The zero-order valence-electron chi connectivity index (χ0n) is 32.3. The van der Waals surface area contributed by atoms with Crippen molar-refractivity contribution in [3.05, 3.63) is 216 Å². The number of aliphatic imine (C=N–C) groups is 1. The van der Waals surface area contributed by atoms with Gasteiger partial charge in [0, 0.05) is 27.5 Å². The first-order chi connectivity index (χ1) is 29.2. The van der Waals surface area contributed by atoms with E-state index < -0.39 is 0 Å². The summed E-state index contributed by atoms with van der Waals surface area (Å²) in [4.78, 5) is 7.12. The molecule has 1 nitrogen and oxygen atoms in total. The Morgan fingerprint density at radius 3 is 1.73 bits per heavy atom. The molecule has 1 fully saturated rings. The molecule has 0 aromatic heterocycles. The van der Waals surface area contributed by atoms with Gasteiger partial charge in [-0.2, -0.15) is 0 Å². The Balaban J connectivity index is 0.990. The van der Waals surface area contributed by atoms with Crippen LogP contribution in [0, 0.1) is 5.92 Å². The van der Waals surface area contributed by atoms with E-state index in [2.05, 4.69) is 194 Å². The third kappa shape index (κ3) is 4.90. The van der Waals surface area contributed by atoms with Gasteiger partial charge in [0.1, 0.15) is 0 Å². The molecular formula is C57H37NS. The minimum Gasteiger partial charge on any atom is -0.252 e. The highest BCUT2D eigenvalue weighted by atomic mass is 32.2. The third-order valence-electron chi connectivity index (χ3n) is 13.5. The van der Waals surface area contributed by atoms with E-state index in [9.17, 15) is 0 Å². The Kier molecular flexibility index (Phi) is 7.12. The number of nitrogens with zero attached hydrogens (tertiary/aromatic N) is 1. The molecule has 10 aromatic carbocycles. The van der Waals surface area contributed by atoms with E-state index in [-0.39, 0.29) is 5.41 Å². The highest BCUT2D eigenvalue weighted by Gasteiger charge is 2.62. The Morgan fingerprint density at radius 2 is 1.02 bits per heavy atom. The first kappa shape index (κ1) is 33.3. The maximum atomic E-state index is 5.81. The fraction of sp³-hybridized carbons (Fsp3) is 0.0702. The Bertz CT molecular complexity index is 3400. The molecule has 1 aliphatic carbocycles. The van der Waals surface area contributed by atoms with Crippen LogP contribution >= 0.6 is 11.8 Å². The van der Waals surface area contributed by atoms with Crippen LogP contribution in [0.2, 0.25) is 0 Å². The minimum absolute atomic E-state index is 0.0561. The van der Waals surface area contributed by atoms with Crippen LogP contribution in [0.1, 0.15) is 23.1 Å². The first-order valence-electron chi connectivity index (χ1n) is 20.7. The van der Waals surface area contributed by atoms with Crippen LogP contribution in [0.4, 0.5) is 0 Å². The number of rotatable bonds is 4. The monoisotopic (exact) mass is 767 g/mol. The van der Waals surface area contributed by atoms with Gasteiger partial charge in [-0.15, -0.1) is 11.8 Å². The zero-order chi connectivity index (χ0) is 38.7. The summed E-state index contributed by atoms with van der Waals surface area (Å²) in [5.41, 5.74) is 12.7. The molecule has 0 radical (unpaired) electrons. The summed E-state index contributed by atoms with van der Waals surface area (Å²) in [5, 5.41) is 12.9. The third-order valence-corrected chi connectivity index (χ3v) is 14.6. The average molecular weight is 768 g/mol. The average Bonchev–Trinajstić information content (AvgIpc) is 4.08. The van der Waals surface area contributed by atoms with Crippen molar-refractivity contribution in [2.75, 3.05) is 5.75 Å². The minimum atomic E-state index is -0.0561. The van der Waals surface area contributed by atoms with Gasteiger partial charge in [-0.05, 0) is 130 Å². The van der Waals surface area contributed by atoms with E-state index in [0.29, 0.717) is 5.92 Å². The molecule has 2 aliphatic heterocycles. The molecule has 2 heterocycles. The lowest BCUT2D eigenvalue weighted by Crippen LogP contribution is -2.26. The van der Waals surface area contributed by atoms with E-state index in [1.54, 1.807) is 0 Å². The van der Waals surface area contributed by atoms with Crippen LogP contribution in [-0.2, 0) is 5.41 Å². The molecule has 2 unspecified atom stereocenters. The SMILES string of the molecule is c1ccc(C23CC2C(c2cccc(-c4ccc5c6ccccc6c6ccccc6c5c4)c2)=NC2=C3CSc3ccc(-c4c5ccccc5cc5ccccc45)cc32)cc1. The summed E-state index contributed by atoms with van der Waals surface area (Å²) >= 11 is 1.98. The van der Waals surface area contributed by atoms with Gasteiger partial charge in [0.2, 0.25) is 0 Å². The van der Waals surface area contributed by atoms with Crippen LogP contribution in [0.25, 0.3) is 81.8 Å². The number of hydrogen-bond acceptors (Lipinski definition) is 2. The molecule has 13 rings (SSSR count). The van der Waals surface area contributed by atoms with E-state index in [1.807, 2.05) is 11.8 Å². The van der Waals surface area contributed by atoms with Crippen molar-refractivity contribution in [2.45, 2.75) is 16.7 Å². The molecular weight excluding hydrogens is 731 g/mol. The molecule has 3 aliphatic rings. The molecule has 2 heteroatoms. The van der Waals surface area contributed by atoms with Crippen molar-refractivity contribution in [1.82, 2.24) is 0 Å². The molecule has 10 aromatic rings. The fourth-order valence-corrected chi connectivity index (χ4v) is 11.9. The van der Waals surface area contributed by atoms with Crippen molar-refractivity contribution in [3.8, 4) is 22.3 Å². The molecule has 0 amide bonds. The number of hydrogen-bond donors (Lipinski definition) is 0. The highest BCUT2D eigenvalue weighted by Crippen LogP contribution is 2.66. The van der Waals surface area contributed by atoms with Gasteiger partial charge >= 0.3 is 0 Å². The van der Waals surface area contributed by atoms with Crippen LogP contribution in [0.5, 0.6) is 0 Å². The number of thioether (sulfide) groups is 1. The van der Waals surface area contributed by atoms with Gasteiger partial charge in [-0.3, -0.25) is 4.99 Å². The lowest BCUT2D eigenvalue weighted by atomic mass is 9.79. The van der Waals surface area contributed by atoms with Gasteiger partial charge in [0.15, 0.2) is 0 Å². The van der Waals surface area contributed by atoms with Crippen molar-refractivity contribution >= 4 is 77.0 Å². The summed E-state index contributed by atoms with van der Waals surface area (Å²) in [6, 6.07) is 72.3. The molecule has 59 heavy (non-hydrogen) atoms. The van der Waals surface area contributed by atoms with Crippen LogP contribution in [0.3, 0.4) is 0 Å². The lowest BCUT2D eigenvalue weighted by Gasteiger charge is -2.32. The highest BCUT2D eigenvalue weighted by molar-refractivity contribution is 7.99. The van der Waals surface area contributed by atoms with Gasteiger partial charge in [0.05, 0.1) is 11.4 Å². The fourth-order valence-electron chi connectivity index (χ4n) is 10.7. The predicted molar refractivity (Wildman–Crippen MR) is 252 cm³/mol. The summed E-state index contributed by atoms with van der Waals surface area (Å²) in [6.45, 7) is 0. The normalized spacial score (nSPS) is 18.2. The molecule has 0 saturated heterocycles. The van der Waals surface area contributed by atoms with Crippen molar-refractivity contribution < 1.29 is 0 Å². The molecule has 0 N–H and O–H groups in total. The van der Waals surface area contributed by atoms with Crippen molar-refractivity contribution in [2.24, 2.45) is 10.9 Å². The van der Waals surface area contributed by atoms with Crippen LogP contribution in [0.15, 0.2) is 210 Å². The first-order valence-corrected chi connectivity index (χ1v) is 21.7. The largest absolute Gasteiger partial charge is 0.252 e. The summed E-state index contributed by atoms with van der Waals surface area (Å²) in [6.07, 6.45) is 1.08. The predicted octanol–water partition coefficient (Wildman–Crippen LogP) is 15.1. The lowest BCUT2D eigenvalue weighted by molar-refractivity contribution is 0.775. The van der Waals surface area contributed by atoms with E-state index in [4.69, 9.17) is 4.99 Å². The molecule has 276 valence electrons. The number of benzene rings is 10. The van der Waals surface area contributed by atoms with Crippen LogP contribution < -0.4 is 0 Å². The zero-order valence-corrected chi connectivity index (χ0v) is 33.1. The second-order valence-corrected chi connectivity index (χ2v) is 17.6.